The van der Waals surface area contributed by atoms with Gasteiger partial charge in [0.1, 0.15) is 16.7 Å². The van der Waals surface area contributed by atoms with Gasteiger partial charge in [0, 0.05) is 19.0 Å². The van der Waals surface area contributed by atoms with Crippen LogP contribution in [0.15, 0.2) is 5.03 Å². The predicted molar refractivity (Wildman–Crippen MR) is 70.8 cm³/mol. The fourth-order valence-electron chi connectivity index (χ4n) is 1.67. The Morgan fingerprint density at radius 1 is 1.41 bits per heavy atom. The van der Waals surface area contributed by atoms with E-state index in [0.29, 0.717) is 5.25 Å². The van der Waals surface area contributed by atoms with Gasteiger partial charge in [0.25, 0.3) is 0 Å². The summed E-state index contributed by atoms with van der Waals surface area (Å²) in [7, 11) is 1.91. The van der Waals surface area contributed by atoms with Crippen LogP contribution in [0.2, 0.25) is 0 Å². The van der Waals surface area contributed by atoms with Crippen LogP contribution < -0.4 is 5.32 Å². The molecule has 0 atom stereocenters. The van der Waals surface area contributed by atoms with Crippen molar-refractivity contribution in [2.45, 2.75) is 37.0 Å². The highest BCUT2D eigenvalue weighted by molar-refractivity contribution is 8.00. The van der Waals surface area contributed by atoms with Crippen LogP contribution in [-0.2, 0) is 11.2 Å². The molecule has 1 aromatic rings. The quantitative estimate of drug-likeness (QED) is 0.816. The number of nitrogens with one attached hydrogen (secondary N) is 1. The van der Waals surface area contributed by atoms with Crippen molar-refractivity contribution in [2.24, 2.45) is 0 Å². The summed E-state index contributed by atoms with van der Waals surface area (Å²) in [6.45, 7) is 5.90. The lowest BCUT2D eigenvalue weighted by atomic mass is 10.3. The molecule has 94 valence electrons. The van der Waals surface area contributed by atoms with Gasteiger partial charge in [-0.05, 0) is 13.3 Å². The Balaban J connectivity index is 2.23. The molecule has 0 aromatic carbocycles. The van der Waals surface area contributed by atoms with Crippen molar-refractivity contribution in [1.82, 2.24) is 9.97 Å². The summed E-state index contributed by atoms with van der Waals surface area (Å²) in [6.07, 6.45) is 2.01. The van der Waals surface area contributed by atoms with E-state index in [4.69, 9.17) is 4.74 Å². The number of anilines is 1. The topological polar surface area (TPSA) is 47.0 Å². The van der Waals surface area contributed by atoms with Gasteiger partial charge in [-0.3, -0.25) is 0 Å². The van der Waals surface area contributed by atoms with Gasteiger partial charge in [-0.2, -0.15) is 0 Å². The van der Waals surface area contributed by atoms with E-state index in [2.05, 4.69) is 29.1 Å². The normalized spacial score (nSPS) is 15.7. The molecule has 0 bridgehead atoms. The summed E-state index contributed by atoms with van der Waals surface area (Å²) >= 11 is 1.81. The number of nitrogens with zero attached hydrogens (tertiary/aromatic N) is 2. The van der Waals surface area contributed by atoms with E-state index in [1.54, 1.807) is 0 Å². The van der Waals surface area contributed by atoms with Crippen molar-refractivity contribution in [3.8, 4) is 0 Å². The van der Waals surface area contributed by atoms with Crippen molar-refractivity contribution in [3.63, 3.8) is 0 Å². The number of rotatable bonds is 5. The number of aryl methyl sites for hydroxylation is 1. The van der Waals surface area contributed by atoms with Crippen molar-refractivity contribution >= 4 is 17.6 Å². The molecule has 0 spiro atoms. The molecule has 4 nitrogen and oxygen atoms in total. The minimum Gasteiger partial charge on any atom is -0.379 e. The molecule has 17 heavy (non-hydrogen) atoms. The minimum absolute atomic E-state index is 0.558. The first kappa shape index (κ1) is 12.6. The first-order chi connectivity index (χ1) is 8.24. The molecule has 1 saturated heterocycles. The van der Waals surface area contributed by atoms with E-state index in [1.165, 1.54) is 0 Å². The third-order valence-electron chi connectivity index (χ3n) is 2.74. The van der Waals surface area contributed by atoms with E-state index in [1.807, 2.05) is 18.8 Å². The van der Waals surface area contributed by atoms with Crippen LogP contribution in [-0.4, -0.2) is 35.5 Å². The first-order valence-electron chi connectivity index (χ1n) is 6.04. The Kier molecular flexibility index (Phi) is 4.23. The Hall–Kier alpha value is -0.810. The average molecular weight is 253 g/mol. The Labute approximate surface area is 107 Å². The second-order valence-electron chi connectivity index (χ2n) is 4.20. The number of thioether (sulfide) groups is 1. The van der Waals surface area contributed by atoms with Gasteiger partial charge >= 0.3 is 0 Å². The van der Waals surface area contributed by atoms with Gasteiger partial charge in [0.05, 0.1) is 18.5 Å². The molecule has 0 unspecified atom stereocenters. The zero-order chi connectivity index (χ0) is 12.3. The Bertz CT molecular complexity index is 394. The second kappa shape index (κ2) is 5.69. The SMILES string of the molecule is CCCc1nc(NC)c(C)c(SC2COC2)n1. The van der Waals surface area contributed by atoms with Crippen LogP contribution in [0, 0.1) is 6.92 Å². The lowest BCUT2D eigenvalue weighted by Gasteiger charge is -2.25. The summed E-state index contributed by atoms with van der Waals surface area (Å²) in [5, 5.41) is 4.80. The molecule has 1 fully saturated rings. The summed E-state index contributed by atoms with van der Waals surface area (Å²) in [6, 6.07) is 0. The zero-order valence-corrected chi connectivity index (χ0v) is 11.4. The third-order valence-corrected chi connectivity index (χ3v) is 3.97. The number of ether oxygens (including phenoxy) is 1. The van der Waals surface area contributed by atoms with E-state index in [-0.39, 0.29) is 0 Å². The number of hydrogen-bond donors (Lipinski definition) is 1. The van der Waals surface area contributed by atoms with Gasteiger partial charge in [-0.15, -0.1) is 0 Å². The monoisotopic (exact) mass is 253 g/mol. The number of aromatic nitrogens is 2. The average Bonchev–Trinajstić information content (AvgIpc) is 2.27. The summed E-state index contributed by atoms with van der Waals surface area (Å²) in [5.74, 6) is 1.89. The van der Waals surface area contributed by atoms with Crippen molar-refractivity contribution in [3.05, 3.63) is 11.4 Å². The van der Waals surface area contributed by atoms with Crippen molar-refractivity contribution in [1.29, 1.82) is 0 Å². The molecular weight excluding hydrogens is 234 g/mol. The highest BCUT2D eigenvalue weighted by atomic mass is 32.2. The van der Waals surface area contributed by atoms with Gasteiger partial charge < -0.3 is 10.1 Å². The molecule has 1 N–H and O–H groups in total. The van der Waals surface area contributed by atoms with Gasteiger partial charge in [-0.25, -0.2) is 9.97 Å². The standard InChI is InChI=1S/C12H19N3OS/c1-4-5-10-14-11(13-3)8(2)12(15-10)17-9-6-16-7-9/h9H,4-7H2,1-3H3,(H,13,14,15). The second-order valence-corrected chi connectivity index (χ2v) is 5.48. The lowest BCUT2D eigenvalue weighted by molar-refractivity contribution is 0.0454. The Morgan fingerprint density at radius 2 is 2.18 bits per heavy atom. The number of hydrogen-bond acceptors (Lipinski definition) is 5. The summed E-state index contributed by atoms with van der Waals surface area (Å²) in [5.41, 5.74) is 1.14. The van der Waals surface area contributed by atoms with Crippen LogP contribution >= 0.6 is 11.8 Å². The third kappa shape index (κ3) is 2.90. The molecule has 1 aliphatic rings. The maximum atomic E-state index is 5.20. The van der Waals surface area contributed by atoms with Crippen molar-refractivity contribution < 1.29 is 4.74 Å². The molecule has 0 aliphatic carbocycles. The van der Waals surface area contributed by atoms with Gasteiger partial charge in [0.2, 0.25) is 0 Å². The fraction of sp³-hybridized carbons (Fsp3) is 0.667. The minimum atomic E-state index is 0.558. The van der Waals surface area contributed by atoms with E-state index >= 15 is 0 Å². The van der Waals surface area contributed by atoms with Crippen LogP contribution in [0.1, 0.15) is 24.7 Å². The molecule has 0 amide bonds. The van der Waals surface area contributed by atoms with Crippen LogP contribution in [0.4, 0.5) is 5.82 Å². The molecule has 2 heterocycles. The van der Waals surface area contributed by atoms with E-state index in [0.717, 1.165) is 48.3 Å². The molecule has 1 aliphatic heterocycles. The van der Waals surface area contributed by atoms with E-state index in [9.17, 15) is 0 Å². The molecule has 2 rings (SSSR count). The van der Waals surface area contributed by atoms with E-state index < -0.39 is 0 Å². The highest BCUT2D eigenvalue weighted by Crippen LogP contribution is 2.31. The smallest absolute Gasteiger partial charge is 0.133 e. The fourth-order valence-corrected chi connectivity index (χ4v) is 2.75. The summed E-state index contributed by atoms with van der Waals surface area (Å²) < 4.78 is 5.20. The molecule has 1 aromatic heterocycles. The lowest BCUT2D eigenvalue weighted by Crippen LogP contribution is -2.30. The van der Waals surface area contributed by atoms with Gasteiger partial charge in [-0.1, -0.05) is 18.7 Å². The van der Waals surface area contributed by atoms with Gasteiger partial charge in [0.15, 0.2) is 0 Å². The Morgan fingerprint density at radius 3 is 2.71 bits per heavy atom. The zero-order valence-electron chi connectivity index (χ0n) is 10.6. The van der Waals surface area contributed by atoms with Crippen LogP contribution in [0.25, 0.3) is 0 Å². The predicted octanol–water partition coefficient (Wildman–Crippen LogP) is 2.27. The highest BCUT2D eigenvalue weighted by Gasteiger charge is 2.22. The maximum Gasteiger partial charge on any atom is 0.133 e. The van der Waals surface area contributed by atoms with Crippen LogP contribution in [0.3, 0.4) is 0 Å². The molecular formula is C12H19N3OS. The molecule has 5 heteroatoms. The molecule has 0 radical (unpaired) electrons. The largest absolute Gasteiger partial charge is 0.379 e. The summed E-state index contributed by atoms with van der Waals surface area (Å²) in [4.78, 5) is 9.17. The molecule has 0 saturated carbocycles. The van der Waals surface area contributed by atoms with Crippen molar-refractivity contribution in [2.75, 3.05) is 25.6 Å². The van der Waals surface area contributed by atoms with Crippen LogP contribution in [0.5, 0.6) is 0 Å². The maximum absolute atomic E-state index is 5.20. The first-order valence-corrected chi connectivity index (χ1v) is 6.92.